The van der Waals surface area contributed by atoms with Gasteiger partial charge in [-0.1, -0.05) is 24.3 Å². The van der Waals surface area contributed by atoms with Crippen molar-refractivity contribution in [3.05, 3.63) is 54.0 Å². The van der Waals surface area contributed by atoms with E-state index in [4.69, 9.17) is 14.1 Å². The predicted molar refractivity (Wildman–Crippen MR) is 125 cm³/mol. The second-order valence-electron chi connectivity index (χ2n) is 8.93. The van der Waals surface area contributed by atoms with Gasteiger partial charge in [-0.3, -0.25) is 8.98 Å². The van der Waals surface area contributed by atoms with Gasteiger partial charge in [0, 0.05) is 31.5 Å². The lowest BCUT2D eigenvalue weighted by atomic mass is 10.1. The summed E-state index contributed by atoms with van der Waals surface area (Å²) in [5.41, 5.74) is 3.42. The van der Waals surface area contributed by atoms with Crippen LogP contribution < -0.4 is 10.5 Å². The van der Waals surface area contributed by atoms with E-state index >= 15 is 0 Å². The van der Waals surface area contributed by atoms with Crippen LogP contribution in [0.5, 0.6) is 0 Å². The van der Waals surface area contributed by atoms with Crippen LogP contribution in [-0.4, -0.2) is 41.6 Å². The summed E-state index contributed by atoms with van der Waals surface area (Å²) in [7, 11) is -4.08. The maximum absolute atomic E-state index is 11.6. The van der Waals surface area contributed by atoms with Gasteiger partial charge >= 0.3 is 16.3 Å². The predicted octanol–water partition coefficient (Wildman–Crippen LogP) is 2.63. The quantitative estimate of drug-likeness (QED) is 0.487. The van der Waals surface area contributed by atoms with Crippen LogP contribution in [0.1, 0.15) is 49.4 Å². The molecule has 0 saturated heterocycles. The first-order valence-electron chi connectivity index (χ1n) is 11.3. The number of anilines is 1. The lowest BCUT2D eigenvalue weighted by Crippen LogP contribution is -2.27. The molecule has 5 rings (SSSR count). The standard InChI is InChI=1S/C23H27N5O5S/c1-14(29)33-21-11-17(10-16(21)12-32-34(24,30)31)28-9-8-19-22(25-13-26-23(19)28)27-20-7-6-15-4-2-3-5-18(15)20/h2-5,8-9,13,16-17,20-21H,6-7,10-12H2,1H3,(H2,24,30,31)(H,25,26,27)/t16?,17?,20-,21?/m0/s1. The van der Waals surface area contributed by atoms with Crippen LogP contribution in [0.25, 0.3) is 11.0 Å². The Labute approximate surface area is 197 Å². The Morgan fingerprint density at radius 3 is 2.85 bits per heavy atom. The molecule has 2 heterocycles. The molecular formula is C23H27N5O5S. The van der Waals surface area contributed by atoms with Crippen LogP contribution in [0, 0.1) is 5.92 Å². The fraction of sp³-hybridized carbons (Fsp3) is 0.435. The van der Waals surface area contributed by atoms with E-state index in [1.54, 1.807) is 6.33 Å². The molecule has 10 nitrogen and oxygen atoms in total. The number of rotatable bonds is 7. The Kier molecular flexibility index (Phi) is 6.00. The minimum absolute atomic E-state index is 0.0501. The van der Waals surface area contributed by atoms with Gasteiger partial charge in [0.05, 0.1) is 18.0 Å². The van der Waals surface area contributed by atoms with Crippen molar-refractivity contribution in [2.75, 3.05) is 11.9 Å². The highest BCUT2D eigenvalue weighted by Gasteiger charge is 2.39. The number of nitrogens with two attached hydrogens (primary N) is 1. The van der Waals surface area contributed by atoms with Gasteiger partial charge in [-0.25, -0.2) is 15.1 Å². The van der Waals surface area contributed by atoms with Crippen LogP contribution in [0.3, 0.4) is 0 Å². The summed E-state index contributed by atoms with van der Waals surface area (Å²) in [6, 6.07) is 10.6. The molecule has 3 unspecified atom stereocenters. The van der Waals surface area contributed by atoms with E-state index in [0.717, 1.165) is 29.7 Å². The first-order chi connectivity index (χ1) is 16.3. The maximum atomic E-state index is 11.6. The van der Waals surface area contributed by atoms with E-state index in [0.29, 0.717) is 12.8 Å². The second-order valence-corrected chi connectivity index (χ2v) is 10.1. The van der Waals surface area contributed by atoms with E-state index in [2.05, 4.69) is 39.6 Å². The third kappa shape index (κ3) is 4.63. The number of carbonyl (C=O) groups excluding carboxylic acids is 1. The maximum Gasteiger partial charge on any atom is 0.333 e. The third-order valence-electron chi connectivity index (χ3n) is 6.72. The van der Waals surface area contributed by atoms with Crippen molar-refractivity contribution in [1.82, 2.24) is 14.5 Å². The lowest BCUT2D eigenvalue weighted by molar-refractivity contribution is -0.148. The molecular weight excluding hydrogens is 458 g/mol. The molecule has 4 atom stereocenters. The Hall–Kier alpha value is -3.02. The zero-order valence-electron chi connectivity index (χ0n) is 18.8. The number of esters is 1. The van der Waals surface area contributed by atoms with E-state index in [-0.39, 0.29) is 24.6 Å². The van der Waals surface area contributed by atoms with Gasteiger partial charge in [0.1, 0.15) is 23.9 Å². The molecule has 1 saturated carbocycles. The molecule has 34 heavy (non-hydrogen) atoms. The van der Waals surface area contributed by atoms with Gasteiger partial charge in [-0.15, -0.1) is 0 Å². The van der Waals surface area contributed by atoms with Crippen molar-refractivity contribution < 1.29 is 22.1 Å². The summed E-state index contributed by atoms with van der Waals surface area (Å²) < 4.78 is 34.9. The summed E-state index contributed by atoms with van der Waals surface area (Å²) in [4.78, 5) is 20.6. The van der Waals surface area contributed by atoms with Crippen LogP contribution in [-0.2, 0) is 30.4 Å². The highest BCUT2D eigenvalue weighted by molar-refractivity contribution is 7.84. The van der Waals surface area contributed by atoms with Crippen molar-refractivity contribution in [3.63, 3.8) is 0 Å². The van der Waals surface area contributed by atoms with Crippen molar-refractivity contribution in [2.45, 2.75) is 50.8 Å². The topological polar surface area (TPSA) is 138 Å². The molecule has 2 aliphatic rings. The monoisotopic (exact) mass is 485 g/mol. The second kappa shape index (κ2) is 8.97. The van der Waals surface area contributed by atoms with Gasteiger partial charge in [-0.05, 0) is 36.5 Å². The van der Waals surface area contributed by atoms with Crippen LogP contribution in [0.15, 0.2) is 42.9 Å². The summed E-state index contributed by atoms with van der Waals surface area (Å²) in [5.74, 6) is 0.0440. The third-order valence-corrected chi connectivity index (χ3v) is 7.18. The average molecular weight is 486 g/mol. The Morgan fingerprint density at radius 2 is 2.06 bits per heavy atom. The number of hydrogen-bond acceptors (Lipinski definition) is 8. The lowest BCUT2D eigenvalue weighted by Gasteiger charge is -2.18. The van der Waals surface area contributed by atoms with Gasteiger partial charge in [0.15, 0.2) is 0 Å². The SMILES string of the molecule is CC(=O)OC1CC(n2ccc3c(N[C@H]4CCc5ccccc54)ncnc32)CC1COS(N)(=O)=O. The van der Waals surface area contributed by atoms with Crippen molar-refractivity contribution in [2.24, 2.45) is 11.1 Å². The molecule has 0 aliphatic heterocycles. The van der Waals surface area contributed by atoms with Gasteiger partial charge < -0.3 is 14.6 Å². The summed E-state index contributed by atoms with van der Waals surface area (Å²) in [6.07, 6.45) is 6.13. The van der Waals surface area contributed by atoms with Crippen LogP contribution in [0.2, 0.25) is 0 Å². The molecule has 2 aliphatic carbocycles. The van der Waals surface area contributed by atoms with Crippen LogP contribution >= 0.6 is 0 Å². The number of hydrogen-bond donors (Lipinski definition) is 2. The molecule has 0 radical (unpaired) electrons. The van der Waals surface area contributed by atoms with E-state index < -0.39 is 22.4 Å². The Bertz CT molecular complexity index is 1320. The number of nitrogens with zero attached hydrogens (tertiary/aromatic N) is 3. The van der Waals surface area contributed by atoms with Gasteiger partial charge in [0.2, 0.25) is 0 Å². The molecule has 2 aromatic heterocycles. The Balaban J connectivity index is 1.39. The minimum Gasteiger partial charge on any atom is -0.462 e. The largest absolute Gasteiger partial charge is 0.462 e. The molecule has 3 N–H and O–H groups in total. The molecule has 3 aromatic rings. The first kappa shape index (κ1) is 22.8. The van der Waals surface area contributed by atoms with Crippen LogP contribution in [0.4, 0.5) is 5.82 Å². The normalized spacial score (nSPS) is 24.3. The minimum atomic E-state index is -4.08. The van der Waals surface area contributed by atoms with Crippen molar-refractivity contribution in [3.8, 4) is 0 Å². The smallest absolute Gasteiger partial charge is 0.333 e. The number of fused-ring (bicyclic) bond motifs is 2. The fourth-order valence-electron chi connectivity index (χ4n) is 5.25. The number of ether oxygens (including phenoxy) is 1. The van der Waals surface area contributed by atoms with E-state index in [1.807, 2.05) is 16.8 Å². The van der Waals surface area contributed by atoms with E-state index in [9.17, 15) is 13.2 Å². The highest BCUT2D eigenvalue weighted by Crippen LogP contribution is 2.40. The number of aromatic nitrogens is 3. The summed E-state index contributed by atoms with van der Waals surface area (Å²) >= 11 is 0. The molecule has 0 spiro atoms. The number of carbonyl (C=O) groups is 1. The van der Waals surface area contributed by atoms with Gasteiger partial charge in [-0.2, -0.15) is 8.42 Å². The zero-order chi connectivity index (χ0) is 23.9. The van der Waals surface area contributed by atoms with Gasteiger partial charge in [0.25, 0.3) is 0 Å². The Morgan fingerprint density at radius 1 is 1.24 bits per heavy atom. The van der Waals surface area contributed by atoms with Crippen molar-refractivity contribution in [1.29, 1.82) is 0 Å². The summed E-state index contributed by atoms with van der Waals surface area (Å²) in [6.45, 7) is 1.19. The zero-order valence-corrected chi connectivity index (χ0v) is 19.6. The molecule has 0 bridgehead atoms. The van der Waals surface area contributed by atoms with E-state index in [1.165, 1.54) is 18.1 Å². The summed E-state index contributed by atoms with van der Waals surface area (Å²) in [5, 5.41) is 9.48. The molecule has 1 aromatic carbocycles. The molecule has 11 heteroatoms. The average Bonchev–Trinajstić information content (AvgIpc) is 3.49. The highest BCUT2D eigenvalue weighted by atomic mass is 32.2. The molecule has 0 amide bonds. The number of benzene rings is 1. The fourth-order valence-corrected chi connectivity index (χ4v) is 5.62. The number of nitrogens with one attached hydrogen (secondary N) is 1. The first-order valence-corrected chi connectivity index (χ1v) is 12.8. The van der Waals surface area contributed by atoms with Crippen molar-refractivity contribution >= 4 is 33.1 Å². The molecule has 180 valence electrons. The molecule has 1 fully saturated rings. The number of aryl methyl sites for hydroxylation is 1.